The van der Waals surface area contributed by atoms with Gasteiger partial charge in [-0.25, -0.2) is 0 Å². The summed E-state index contributed by atoms with van der Waals surface area (Å²) in [4.78, 5) is 0. The predicted molar refractivity (Wildman–Crippen MR) is 46.8 cm³/mol. The molecule has 0 bridgehead atoms. The van der Waals surface area contributed by atoms with Gasteiger partial charge in [0.05, 0.1) is 0 Å². The fourth-order valence-corrected chi connectivity index (χ4v) is 2.44. The van der Waals surface area contributed by atoms with Crippen molar-refractivity contribution >= 4 is 39.9 Å². The molecule has 0 aliphatic rings. The topological polar surface area (TPSA) is 0 Å². The van der Waals surface area contributed by atoms with Crippen LogP contribution in [0.1, 0.15) is 5.56 Å². The smallest absolute Gasteiger partial charge is 0.345 e. The molecule has 0 saturated heterocycles. The average Bonchev–Trinajstić information content (AvgIpc) is 1.94. The van der Waals surface area contributed by atoms with E-state index in [2.05, 4.69) is 0 Å². The molecule has 0 aromatic heterocycles. The van der Waals surface area contributed by atoms with Gasteiger partial charge in [0.2, 0.25) is 0 Å². The molecule has 0 spiro atoms. The minimum absolute atomic E-state index is 0.418. The van der Waals surface area contributed by atoms with E-state index in [1.54, 1.807) is 0 Å². The van der Waals surface area contributed by atoms with Crippen LogP contribution in [0.15, 0.2) is 24.3 Å². The van der Waals surface area contributed by atoms with Crippen LogP contribution in [-0.2, 0) is 4.55 Å². The largest absolute Gasteiger partial charge is 0.505 e. The van der Waals surface area contributed by atoms with Gasteiger partial charge in [-0.2, -0.15) is 0 Å². The van der Waals surface area contributed by atoms with Crippen LogP contribution in [-0.4, -0.2) is 19.3 Å². The van der Waals surface area contributed by atoms with Gasteiger partial charge in [-0.1, -0.05) is 39.9 Å². The van der Waals surface area contributed by atoms with Gasteiger partial charge in [0.25, 0.3) is 0 Å². The Morgan fingerprint density at radius 2 is 2.00 bits per heavy atom. The summed E-state index contributed by atoms with van der Waals surface area (Å²) in [6, 6.07) is 7.85. The lowest BCUT2D eigenvalue weighted by Gasteiger charge is -1.98. The number of rotatable bonds is 2. The summed E-state index contributed by atoms with van der Waals surface area (Å²) in [5, 5.41) is 0.843. The maximum absolute atomic E-state index is 5.87. The molecule has 0 amide bonds. The highest BCUT2D eigenvalue weighted by Crippen LogP contribution is 2.14. The third kappa shape index (κ3) is 2.31. The standard InChI is InChI=1S/C7H6Cl.ClH.Mg/c1-6-4-2-3-5-7(6)8;;/h2-5H,1H2;1H;/q;;+1/p-1. The summed E-state index contributed by atoms with van der Waals surface area (Å²) in [5.41, 5.74) is 1.19. The summed E-state index contributed by atoms with van der Waals surface area (Å²) < 4.78 is 0.987. The molecule has 0 unspecified atom stereocenters. The normalized spacial score (nSPS) is 9.00. The Morgan fingerprint density at radius 1 is 1.30 bits per heavy atom. The Bertz CT molecular complexity index is 213. The van der Waals surface area contributed by atoms with Gasteiger partial charge in [0, 0.05) is 5.02 Å². The zero-order valence-corrected chi connectivity index (χ0v) is 8.41. The Hall–Kier alpha value is 0.566. The second kappa shape index (κ2) is 4.45. The number of hydrogen-bond acceptors (Lipinski definition) is 0. The molecule has 0 fully saturated rings. The first kappa shape index (κ1) is 8.66. The lowest BCUT2D eigenvalue weighted by Crippen LogP contribution is -1.88. The van der Waals surface area contributed by atoms with E-state index in [1.807, 2.05) is 24.3 Å². The third-order valence-corrected chi connectivity index (χ3v) is 2.98. The molecule has 50 valence electrons. The first-order valence-electron chi connectivity index (χ1n) is 3.14. The lowest BCUT2D eigenvalue weighted by molar-refractivity contribution is 1.40. The average molecular weight is 185 g/mol. The van der Waals surface area contributed by atoms with Gasteiger partial charge >= 0.3 is 19.3 Å². The van der Waals surface area contributed by atoms with Crippen LogP contribution in [0.5, 0.6) is 0 Å². The molecule has 1 rings (SSSR count). The molecule has 0 aliphatic heterocycles. The highest BCUT2D eigenvalue weighted by Gasteiger charge is 1.98. The highest BCUT2D eigenvalue weighted by molar-refractivity contribution is 6.93. The molecule has 0 atom stereocenters. The Kier molecular flexibility index (Phi) is 3.85. The zero-order valence-electron chi connectivity index (χ0n) is 5.48. The van der Waals surface area contributed by atoms with Crippen molar-refractivity contribution in [2.75, 3.05) is 0 Å². The summed E-state index contributed by atoms with van der Waals surface area (Å²) in [6.07, 6.45) is 0. The van der Waals surface area contributed by atoms with Crippen LogP contribution >= 0.6 is 20.7 Å². The van der Waals surface area contributed by atoms with E-state index in [9.17, 15) is 0 Å². The van der Waals surface area contributed by atoms with Gasteiger partial charge in [-0.15, -0.1) is 0 Å². The Morgan fingerprint density at radius 3 is 2.60 bits per heavy atom. The van der Waals surface area contributed by atoms with E-state index >= 15 is 0 Å². The van der Waals surface area contributed by atoms with Crippen LogP contribution in [0.3, 0.4) is 0 Å². The molecule has 0 radical (unpaired) electrons. The van der Waals surface area contributed by atoms with Crippen molar-refractivity contribution in [3.05, 3.63) is 34.9 Å². The van der Waals surface area contributed by atoms with Crippen LogP contribution in [0.25, 0.3) is 0 Å². The summed E-state index contributed by atoms with van der Waals surface area (Å²) >= 11 is 5.45. The second-order valence-corrected chi connectivity index (χ2v) is 4.45. The highest BCUT2D eigenvalue weighted by atomic mass is 35.5. The first-order valence-corrected chi connectivity index (χ1v) is 6.65. The van der Waals surface area contributed by atoms with Crippen LogP contribution in [0, 0.1) is 0 Å². The molecule has 1 aromatic carbocycles. The molecule has 1 aromatic rings. The van der Waals surface area contributed by atoms with Gasteiger partial charge in [-0.05, 0) is 6.07 Å². The molecule has 0 saturated carbocycles. The maximum atomic E-state index is 5.87. The van der Waals surface area contributed by atoms with Crippen LogP contribution < -0.4 is 0 Å². The van der Waals surface area contributed by atoms with Crippen molar-refractivity contribution in [2.45, 2.75) is 4.55 Å². The minimum atomic E-state index is -0.418. The monoisotopic (exact) mass is 184 g/mol. The third-order valence-electron chi connectivity index (χ3n) is 1.32. The van der Waals surface area contributed by atoms with E-state index < -0.39 is 19.3 Å². The summed E-state index contributed by atoms with van der Waals surface area (Å²) in [6.45, 7) is 0. The molecule has 0 aliphatic carbocycles. The van der Waals surface area contributed by atoms with Crippen LogP contribution in [0.2, 0.25) is 5.02 Å². The number of halogens is 2. The molecule has 0 N–H and O–H groups in total. The molecule has 3 heteroatoms. The van der Waals surface area contributed by atoms with Crippen LogP contribution in [0.4, 0.5) is 0 Å². The zero-order chi connectivity index (χ0) is 7.40. The van der Waals surface area contributed by atoms with E-state index in [-0.39, 0.29) is 0 Å². The molecule has 10 heavy (non-hydrogen) atoms. The van der Waals surface area contributed by atoms with Crippen molar-refractivity contribution in [3.8, 4) is 0 Å². The Labute approximate surface area is 79.0 Å². The SMILES string of the molecule is [Cl][Mg][CH2]c1ccccc1Cl. The fourth-order valence-electron chi connectivity index (χ4n) is 0.803. The van der Waals surface area contributed by atoms with Gasteiger partial charge in [0.15, 0.2) is 0 Å². The molecular weight excluding hydrogens is 179 g/mol. The van der Waals surface area contributed by atoms with Crippen molar-refractivity contribution < 1.29 is 0 Å². The van der Waals surface area contributed by atoms with E-state index in [0.29, 0.717) is 0 Å². The van der Waals surface area contributed by atoms with Crippen molar-refractivity contribution in [1.29, 1.82) is 0 Å². The second-order valence-electron chi connectivity index (χ2n) is 2.03. The summed E-state index contributed by atoms with van der Waals surface area (Å²) in [7, 11) is 5.69. The van der Waals surface area contributed by atoms with Gasteiger partial charge in [0.1, 0.15) is 0 Å². The van der Waals surface area contributed by atoms with Crippen molar-refractivity contribution in [2.24, 2.45) is 0 Å². The van der Waals surface area contributed by atoms with E-state index in [1.165, 1.54) is 5.56 Å². The minimum Gasteiger partial charge on any atom is -0.345 e. The number of hydrogen-bond donors (Lipinski definition) is 0. The van der Waals surface area contributed by atoms with Crippen molar-refractivity contribution in [3.63, 3.8) is 0 Å². The van der Waals surface area contributed by atoms with E-state index in [4.69, 9.17) is 20.7 Å². The lowest BCUT2D eigenvalue weighted by atomic mass is 10.2. The molecule has 0 nitrogen and oxygen atoms in total. The molecular formula is C7H6Cl2Mg. The molecule has 0 heterocycles. The van der Waals surface area contributed by atoms with E-state index in [0.717, 1.165) is 9.57 Å². The fraction of sp³-hybridized carbons (Fsp3) is 0.143. The quantitative estimate of drug-likeness (QED) is 0.621. The van der Waals surface area contributed by atoms with Crippen molar-refractivity contribution in [1.82, 2.24) is 0 Å². The number of benzene rings is 1. The first-order chi connectivity index (χ1) is 4.84. The van der Waals surface area contributed by atoms with Gasteiger partial charge < -0.3 is 9.07 Å². The Balaban J connectivity index is 2.81. The summed E-state index contributed by atoms with van der Waals surface area (Å²) in [5.74, 6) is 0. The predicted octanol–water partition coefficient (Wildman–Crippen LogP) is 2.70. The maximum Gasteiger partial charge on any atom is 0.505 e. The van der Waals surface area contributed by atoms with Gasteiger partial charge in [-0.3, -0.25) is 0 Å².